The molecule has 2 aromatic heterocycles. The number of hydrogen-bond acceptors (Lipinski definition) is 2. The maximum Gasteiger partial charge on any atom is 0.154 e. The summed E-state index contributed by atoms with van der Waals surface area (Å²) in [7, 11) is 0. The van der Waals surface area contributed by atoms with Gasteiger partial charge in [-0.3, -0.25) is 0 Å². The molecule has 3 heteroatoms. The first-order valence-electron chi connectivity index (χ1n) is 5.05. The van der Waals surface area contributed by atoms with Crippen LogP contribution in [0.15, 0.2) is 18.2 Å². The molecule has 0 saturated carbocycles. The molecule has 0 spiro atoms. The Morgan fingerprint density at radius 1 is 0.933 bits per heavy atom. The molecular formula is C12H15N3. The van der Waals surface area contributed by atoms with Gasteiger partial charge < -0.3 is 0 Å². The van der Waals surface area contributed by atoms with Crippen molar-refractivity contribution in [3.8, 4) is 5.82 Å². The van der Waals surface area contributed by atoms with Gasteiger partial charge in [-0.1, -0.05) is 0 Å². The molecule has 0 saturated heterocycles. The van der Waals surface area contributed by atoms with Crippen molar-refractivity contribution < 1.29 is 0 Å². The van der Waals surface area contributed by atoms with Gasteiger partial charge in [0.1, 0.15) is 0 Å². The van der Waals surface area contributed by atoms with E-state index in [0.29, 0.717) is 0 Å². The molecule has 0 aliphatic rings. The molecule has 15 heavy (non-hydrogen) atoms. The van der Waals surface area contributed by atoms with E-state index in [0.717, 1.165) is 22.9 Å². The highest BCUT2D eigenvalue weighted by Crippen LogP contribution is 2.12. The molecule has 0 aromatic carbocycles. The number of aryl methyl sites for hydroxylation is 4. The zero-order valence-corrected chi connectivity index (χ0v) is 9.57. The van der Waals surface area contributed by atoms with Crippen LogP contribution in [-0.2, 0) is 0 Å². The third-order valence-electron chi connectivity index (χ3n) is 2.31. The standard InChI is InChI=1S/C12H15N3/c1-8-5-9(2)13-12(6-8)15-11(4)7-10(3)14-15/h5-7H,1-4H3. The van der Waals surface area contributed by atoms with Gasteiger partial charge in [0.15, 0.2) is 5.82 Å². The fraction of sp³-hybridized carbons (Fsp3) is 0.333. The van der Waals surface area contributed by atoms with Gasteiger partial charge in [-0.15, -0.1) is 0 Å². The first-order valence-corrected chi connectivity index (χ1v) is 5.05. The molecule has 0 amide bonds. The molecule has 0 radical (unpaired) electrons. The lowest BCUT2D eigenvalue weighted by Crippen LogP contribution is -2.03. The molecule has 0 aliphatic carbocycles. The van der Waals surface area contributed by atoms with Crippen molar-refractivity contribution in [2.75, 3.05) is 0 Å². The largest absolute Gasteiger partial charge is 0.234 e. The highest BCUT2D eigenvalue weighted by atomic mass is 15.3. The summed E-state index contributed by atoms with van der Waals surface area (Å²) in [5, 5.41) is 4.42. The van der Waals surface area contributed by atoms with Gasteiger partial charge in [-0.2, -0.15) is 5.10 Å². The van der Waals surface area contributed by atoms with Crippen LogP contribution in [0.2, 0.25) is 0 Å². The third kappa shape index (κ3) is 1.91. The second kappa shape index (κ2) is 3.50. The van der Waals surface area contributed by atoms with E-state index in [4.69, 9.17) is 0 Å². The van der Waals surface area contributed by atoms with Crippen molar-refractivity contribution in [3.63, 3.8) is 0 Å². The van der Waals surface area contributed by atoms with Crippen molar-refractivity contribution in [1.82, 2.24) is 14.8 Å². The maximum atomic E-state index is 4.48. The maximum absolute atomic E-state index is 4.48. The Morgan fingerprint density at radius 2 is 1.67 bits per heavy atom. The third-order valence-corrected chi connectivity index (χ3v) is 2.31. The lowest BCUT2D eigenvalue weighted by molar-refractivity contribution is 0.800. The minimum Gasteiger partial charge on any atom is -0.234 e. The van der Waals surface area contributed by atoms with E-state index in [-0.39, 0.29) is 0 Å². The Labute approximate surface area is 89.8 Å². The summed E-state index contributed by atoms with van der Waals surface area (Å²) in [4.78, 5) is 4.48. The van der Waals surface area contributed by atoms with Gasteiger partial charge in [0.25, 0.3) is 0 Å². The lowest BCUT2D eigenvalue weighted by Gasteiger charge is -2.05. The Kier molecular flexibility index (Phi) is 2.31. The van der Waals surface area contributed by atoms with Crippen LogP contribution in [0.25, 0.3) is 5.82 Å². The van der Waals surface area contributed by atoms with Crippen molar-refractivity contribution in [2.45, 2.75) is 27.7 Å². The zero-order valence-electron chi connectivity index (χ0n) is 9.57. The van der Waals surface area contributed by atoms with E-state index < -0.39 is 0 Å². The molecule has 0 fully saturated rings. The van der Waals surface area contributed by atoms with Gasteiger partial charge in [-0.05, 0) is 51.5 Å². The molecule has 0 aliphatic heterocycles. The van der Waals surface area contributed by atoms with E-state index >= 15 is 0 Å². The smallest absolute Gasteiger partial charge is 0.154 e. The molecule has 2 aromatic rings. The summed E-state index contributed by atoms with van der Waals surface area (Å²) in [6, 6.07) is 6.17. The van der Waals surface area contributed by atoms with Crippen LogP contribution in [0, 0.1) is 27.7 Å². The van der Waals surface area contributed by atoms with Crippen molar-refractivity contribution in [2.24, 2.45) is 0 Å². The van der Waals surface area contributed by atoms with E-state index in [1.807, 2.05) is 31.5 Å². The average Bonchev–Trinajstić information content (AvgIpc) is 2.43. The van der Waals surface area contributed by atoms with Gasteiger partial charge in [0, 0.05) is 11.4 Å². The Morgan fingerprint density at radius 3 is 2.20 bits per heavy atom. The summed E-state index contributed by atoms with van der Waals surface area (Å²) < 4.78 is 1.88. The number of aromatic nitrogens is 3. The molecular weight excluding hydrogens is 186 g/mol. The number of pyridine rings is 1. The van der Waals surface area contributed by atoms with Crippen molar-refractivity contribution >= 4 is 0 Å². The van der Waals surface area contributed by atoms with Crippen LogP contribution in [0.4, 0.5) is 0 Å². The monoisotopic (exact) mass is 201 g/mol. The predicted molar refractivity (Wildman–Crippen MR) is 60.3 cm³/mol. The molecule has 2 heterocycles. The Balaban J connectivity index is 2.58. The number of nitrogens with zero attached hydrogens (tertiary/aromatic N) is 3. The Hall–Kier alpha value is -1.64. The molecule has 2 rings (SSSR count). The van der Waals surface area contributed by atoms with Crippen LogP contribution in [0.5, 0.6) is 0 Å². The average molecular weight is 201 g/mol. The minimum absolute atomic E-state index is 0.901. The Bertz CT molecular complexity index is 477. The molecule has 0 bridgehead atoms. The fourth-order valence-electron chi connectivity index (χ4n) is 1.79. The van der Waals surface area contributed by atoms with E-state index in [9.17, 15) is 0 Å². The summed E-state index contributed by atoms with van der Waals surface area (Å²) in [5.74, 6) is 0.901. The second-order valence-electron chi connectivity index (χ2n) is 3.98. The normalized spacial score (nSPS) is 10.7. The summed E-state index contributed by atoms with van der Waals surface area (Å²) >= 11 is 0. The van der Waals surface area contributed by atoms with Gasteiger partial charge in [-0.25, -0.2) is 9.67 Å². The first kappa shape index (κ1) is 9.90. The van der Waals surface area contributed by atoms with Crippen LogP contribution in [-0.4, -0.2) is 14.8 Å². The van der Waals surface area contributed by atoms with Crippen LogP contribution >= 0.6 is 0 Å². The molecule has 0 atom stereocenters. The number of rotatable bonds is 1. The quantitative estimate of drug-likeness (QED) is 0.709. The second-order valence-corrected chi connectivity index (χ2v) is 3.98. The van der Waals surface area contributed by atoms with Crippen LogP contribution in [0.1, 0.15) is 22.6 Å². The van der Waals surface area contributed by atoms with Gasteiger partial charge >= 0.3 is 0 Å². The van der Waals surface area contributed by atoms with Crippen LogP contribution < -0.4 is 0 Å². The van der Waals surface area contributed by atoms with E-state index in [1.165, 1.54) is 5.56 Å². The number of hydrogen-bond donors (Lipinski definition) is 0. The highest BCUT2D eigenvalue weighted by molar-refractivity contribution is 5.31. The van der Waals surface area contributed by atoms with Gasteiger partial charge in [0.05, 0.1) is 5.69 Å². The topological polar surface area (TPSA) is 30.7 Å². The molecule has 78 valence electrons. The summed E-state index contributed by atoms with van der Waals surface area (Å²) in [6.07, 6.45) is 0. The summed E-state index contributed by atoms with van der Waals surface area (Å²) in [5.41, 5.74) is 4.38. The fourth-order valence-corrected chi connectivity index (χ4v) is 1.79. The van der Waals surface area contributed by atoms with E-state index in [2.05, 4.69) is 29.1 Å². The minimum atomic E-state index is 0.901. The molecule has 3 nitrogen and oxygen atoms in total. The summed E-state index contributed by atoms with van der Waals surface area (Å²) in [6.45, 7) is 8.11. The van der Waals surface area contributed by atoms with Crippen molar-refractivity contribution in [3.05, 3.63) is 40.8 Å². The first-order chi connectivity index (χ1) is 7.06. The zero-order chi connectivity index (χ0) is 11.0. The molecule has 0 unspecified atom stereocenters. The van der Waals surface area contributed by atoms with Crippen LogP contribution in [0.3, 0.4) is 0 Å². The van der Waals surface area contributed by atoms with E-state index in [1.54, 1.807) is 0 Å². The van der Waals surface area contributed by atoms with Gasteiger partial charge in [0.2, 0.25) is 0 Å². The highest BCUT2D eigenvalue weighted by Gasteiger charge is 2.05. The van der Waals surface area contributed by atoms with Crippen molar-refractivity contribution in [1.29, 1.82) is 0 Å². The predicted octanol–water partition coefficient (Wildman–Crippen LogP) is 2.50. The SMILES string of the molecule is Cc1cc(C)nc(-n2nc(C)cc2C)c1. The lowest BCUT2D eigenvalue weighted by atomic mass is 10.2. The molecule has 0 N–H and O–H groups in total.